The zero-order valence-electron chi connectivity index (χ0n) is 19.7. The van der Waals surface area contributed by atoms with Gasteiger partial charge in [0.2, 0.25) is 0 Å². The largest absolute Gasteiger partial charge is 0.504 e. The van der Waals surface area contributed by atoms with Crippen LogP contribution in [0, 0.1) is 6.92 Å². The molecular weight excluding hydrogens is 444 g/mol. The van der Waals surface area contributed by atoms with Crippen molar-refractivity contribution in [1.29, 1.82) is 0 Å². The number of ether oxygens (including phenoxy) is 1. The van der Waals surface area contributed by atoms with E-state index in [1.807, 2.05) is 25.1 Å². The molecule has 1 unspecified atom stereocenters. The maximum atomic E-state index is 13.6. The van der Waals surface area contributed by atoms with E-state index in [1.54, 1.807) is 18.2 Å². The summed E-state index contributed by atoms with van der Waals surface area (Å²) in [6, 6.07) is 8.27. The molecule has 5 atom stereocenters. The third kappa shape index (κ3) is 2.29. The minimum Gasteiger partial charge on any atom is -0.504 e. The Hall–Kier alpha value is -3.16. The first-order valence-electron chi connectivity index (χ1n) is 12.4. The van der Waals surface area contributed by atoms with Crippen molar-refractivity contribution in [2.24, 2.45) is 0 Å². The number of carbonyl (C=O) groups is 2. The fourth-order valence-corrected chi connectivity index (χ4v) is 8.03. The SMILES string of the molecule is C=CCN1CC[C@]23c4c5ccc(O)c4O[C@H]2[C@H](N2C(=O)c4cccc(C)c4C2=O)CCC3(O)[C@H]1C5. The summed E-state index contributed by atoms with van der Waals surface area (Å²) < 4.78 is 6.53. The number of aromatic hydroxyl groups is 1. The third-order valence-electron chi connectivity index (χ3n) is 9.39. The van der Waals surface area contributed by atoms with E-state index in [4.69, 9.17) is 4.74 Å². The van der Waals surface area contributed by atoms with E-state index in [1.165, 1.54) is 4.90 Å². The average molecular weight is 473 g/mol. The summed E-state index contributed by atoms with van der Waals surface area (Å²) in [5, 5.41) is 23.3. The molecule has 1 saturated heterocycles. The topological polar surface area (TPSA) is 90.3 Å². The monoisotopic (exact) mass is 472 g/mol. The van der Waals surface area contributed by atoms with Gasteiger partial charge in [0, 0.05) is 18.2 Å². The molecule has 1 spiro atoms. The molecule has 2 bridgehead atoms. The molecule has 7 rings (SSSR count). The maximum Gasteiger partial charge on any atom is 0.262 e. The van der Waals surface area contributed by atoms with Crippen LogP contribution in [0.3, 0.4) is 0 Å². The van der Waals surface area contributed by atoms with Crippen LogP contribution in [0.25, 0.3) is 0 Å². The molecule has 35 heavy (non-hydrogen) atoms. The van der Waals surface area contributed by atoms with Gasteiger partial charge in [-0.1, -0.05) is 24.3 Å². The van der Waals surface area contributed by atoms with Gasteiger partial charge in [-0.3, -0.25) is 19.4 Å². The number of aliphatic hydroxyl groups is 1. The van der Waals surface area contributed by atoms with E-state index in [-0.39, 0.29) is 23.6 Å². The van der Waals surface area contributed by atoms with Crippen LogP contribution >= 0.6 is 0 Å². The third-order valence-corrected chi connectivity index (χ3v) is 9.39. The minimum atomic E-state index is -1.10. The highest BCUT2D eigenvalue weighted by molar-refractivity contribution is 6.22. The normalized spacial score (nSPS) is 34.5. The number of hydrogen-bond donors (Lipinski definition) is 2. The Bertz CT molecular complexity index is 1340. The second-order valence-electron chi connectivity index (χ2n) is 10.7. The highest BCUT2D eigenvalue weighted by atomic mass is 16.5. The van der Waals surface area contributed by atoms with E-state index in [0.29, 0.717) is 49.1 Å². The Balaban J connectivity index is 1.40. The Morgan fingerprint density at radius 2 is 2.03 bits per heavy atom. The first-order valence-corrected chi connectivity index (χ1v) is 12.4. The fraction of sp³-hybridized carbons (Fsp3) is 0.429. The molecule has 2 fully saturated rings. The lowest BCUT2D eigenvalue weighted by molar-refractivity contribution is -0.194. The number of rotatable bonds is 3. The summed E-state index contributed by atoms with van der Waals surface area (Å²) in [5.74, 6) is -0.156. The van der Waals surface area contributed by atoms with Gasteiger partial charge in [-0.2, -0.15) is 0 Å². The second kappa shape index (κ2) is 6.74. The smallest absolute Gasteiger partial charge is 0.262 e. The summed E-state index contributed by atoms with van der Waals surface area (Å²) in [4.78, 5) is 30.8. The average Bonchev–Trinajstić information content (AvgIpc) is 3.31. The van der Waals surface area contributed by atoms with Crippen molar-refractivity contribution in [1.82, 2.24) is 9.80 Å². The molecule has 0 radical (unpaired) electrons. The van der Waals surface area contributed by atoms with Crippen LogP contribution < -0.4 is 4.74 Å². The predicted molar refractivity (Wildman–Crippen MR) is 128 cm³/mol. The number of piperidine rings is 1. The highest BCUT2D eigenvalue weighted by Gasteiger charge is 2.74. The number of carbonyl (C=O) groups excluding carboxylic acids is 2. The van der Waals surface area contributed by atoms with Gasteiger partial charge in [-0.05, 0) is 62.4 Å². The van der Waals surface area contributed by atoms with Crippen LogP contribution in [-0.2, 0) is 11.8 Å². The number of phenolic OH excluding ortho intramolecular Hbond substituents is 1. The van der Waals surface area contributed by atoms with Crippen LogP contribution in [0.4, 0.5) is 0 Å². The number of likely N-dealkylation sites (tertiary alicyclic amines) is 1. The molecule has 3 aliphatic heterocycles. The summed E-state index contributed by atoms with van der Waals surface area (Å²) in [5.41, 5.74) is 1.69. The minimum absolute atomic E-state index is 0.0406. The van der Waals surface area contributed by atoms with Crippen molar-refractivity contribution in [3.05, 3.63) is 70.8 Å². The molecule has 2 aliphatic carbocycles. The standard InChI is InChI=1S/C28H28N2O5/c1-3-12-29-13-11-27-22-16-7-8-19(31)23(22)35-24(27)18(9-10-28(27,34)20(29)14-16)30-25(32)17-6-4-5-15(2)21(17)26(30)33/h3-8,18,20,24,31,34H,1,9-14H2,2H3/t18-,20-,24+,27+,28?/m1/s1. The Morgan fingerprint density at radius 3 is 2.80 bits per heavy atom. The van der Waals surface area contributed by atoms with Crippen molar-refractivity contribution in [2.45, 2.75) is 61.8 Å². The Morgan fingerprint density at radius 1 is 1.20 bits per heavy atom. The van der Waals surface area contributed by atoms with Crippen molar-refractivity contribution in [2.75, 3.05) is 13.1 Å². The van der Waals surface area contributed by atoms with E-state index < -0.39 is 23.2 Å². The number of imide groups is 1. The number of benzene rings is 2. The van der Waals surface area contributed by atoms with E-state index >= 15 is 0 Å². The molecule has 3 heterocycles. The first-order chi connectivity index (χ1) is 16.8. The lowest BCUT2D eigenvalue weighted by Gasteiger charge is -2.64. The molecule has 1 saturated carbocycles. The summed E-state index contributed by atoms with van der Waals surface area (Å²) in [6.07, 6.45) is 3.39. The number of phenols is 1. The van der Waals surface area contributed by atoms with Gasteiger partial charge < -0.3 is 14.9 Å². The molecular formula is C28H28N2O5. The number of nitrogens with zero attached hydrogens (tertiary/aromatic N) is 2. The summed E-state index contributed by atoms with van der Waals surface area (Å²) >= 11 is 0. The van der Waals surface area contributed by atoms with Gasteiger partial charge in [0.05, 0.1) is 28.2 Å². The van der Waals surface area contributed by atoms with Crippen molar-refractivity contribution in [3.63, 3.8) is 0 Å². The Kier molecular flexibility index (Phi) is 4.07. The number of amides is 2. The van der Waals surface area contributed by atoms with Crippen LogP contribution in [0.2, 0.25) is 0 Å². The van der Waals surface area contributed by atoms with Crippen molar-refractivity contribution < 1.29 is 24.5 Å². The van der Waals surface area contributed by atoms with Gasteiger partial charge in [0.25, 0.3) is 11.8 Å². The number of aryl methyl sites for hydroxylation is 1. The van der Waals surface area contributed by atoms with Crippen molar-refractivity contribution >= 4 is 11.8 Å². The van der Waals surface area contributed by atoms with Gasteiger partial charge >= 0.3 is 0 Å². The molecule has 5 aliphatic rings. The second-order valence-corrected chi connectivity index (χ2v) is 10.7. The van der Waals surface area contributed by atoms with Gasteiger partial charge in [-0.15, -0.1) is 6.58 Å². The lowest BCUT2D eigenvalue weighted by Crippen LogP contribution is -2.78. The molecule has 7 nitrogen and oxygen atoms in total. The van der Waals surface area contributed by atoms with E-state index in [9.17, 15) is 19.8 Å². The van der Waals surface area contributed by atoms with Gasteiger partial charge in [0.1, 0.15) is 6.10 Å². The molecule has 2 aromatic carbocycles. The lowest BCUT2D eigenvalue weighted by atomic mass is 9.48. The summed E-state index contributed by atoms with van der Waals surface area (Å²) in [6.45, 7) is 7.17. The van der Waals surface area contributed by atoms with Crippen LogP contribution in [-0.4, -0.2) is 68.7 Å². The number of hydrogen-bond acceptors (Lipinski definition) is 6. The Labute approximate surface area is 203 Å². The van der Waals surface area contributed by atoms with Gasteiger partial charge in [-0.25, -0.2) is 0 Å². The van der Waals surface area contributed by atoms with Crippen LogP contribution in [0.15, 0.2) is 43.0 Å². The molecule has 2 amide bonds. The van der Waals surface area contributed by atoms with E-state index in [2.05, 4.69) is 11.5 Å². The van der Waals surface area contributed by atoms with Crippen LogP contribution in [0.1, 0.15) is 56.7 Å². The van der Waals surface area contributed by atoms with E-state index in [0.717, 1.165) is 23.2 Å². The zero-order chi connectivity index (χ0) is 24.3. The number of fused-ring (bicyclic) bond motifs is 1. The quantitative estimate of drug-likeness (QED) is 0.528. The van der Waals surface area contributed by atoms with Crippen molar-refractivity contribution in [3.8, 4) is 11.5 Å². The van der Waals surface area contributed by atoms with Gasteiger partial charge in [0.15, 0.2) is 11.5 Å². The molecule has 2 aromatic rings. The van der Waals surface area contributed by atoms with Crippen LogP contribution in [0.5, 0.6) is 11.5 Å². The highest BCUT2D eigenvalue weighted by Crippen LogP contribution is 2.66. The fourth-order valence-electron chi connectivity index (χ4n) is 8.03. The molecule has 2 N–H and O–H groups in total. The molecule has 180 valence electrons. The molecule has 7 heteroatoms. The predicted octanol–water partition coefficient (Wildman–Crippen LogP) is 2.71. The summed E-state index contributed by atoms with van der Waals surface area (Å²) in [7, 11) is 0. The maximum absolute atomic E-state index is 13.6. The first kappa shape index (κ1) is 21.1. The zero-order valence-corrected chi connectivity index (χ0v) is 19.7. The molecule has 0 aromatic heterocycles.